The van der Waals surface area contributed by atoms with Crippen LogP contribution in [0.2, 0.25) is 5.02 Å². The van der Waals surface area contributed by atoms with Crippen molar-refractivity contribution >= 4 is 17.7 Å². The van der Waals surface area contributed by atoms with Crippen LogP contribution in [0.1, 0.15) is 28.2 Å². The van der Waals surface area contributed by atoms with Gasteiger partial charge in [0, 0.05) is 10.9 Å². The van der Waals surface area contributed by atoms with E-state index in [1.54, 1.807) is 6.08 Å². The van der Waals surface area contributed by atoms with Gasteiger partial charge in [-0.25, -0.2) is 9.79 Å². The minimum atomic E-state index is 0.0869. The Kier molecular flexibility index (Phi) is 3.68. The summed E-state index contributed by atoms with van der Waals surface area (Å²) in [5.74, 6) is 0.0869. The molecule has 3 heteroatoms. The van der Waals surface area contributed by atoms with Crippen molar-refractivity contribution in [2.75, 3.05) is 6.54 Å². The van der Waals surface area contributed by atoms with Gasteiger partial charge in [0.2, 0.25) is 6.08 Å². The van der Waals surface area contributed by atoms with Gasteiger partial charge in [-0.3, -0.25) is 0 Å². The molecule has 2 aromatic rings. The van der Waals surface area contributed by atoms with Gasteiger partial charge in [0.25, 0.3) is 0 Å². The van der Waals surface area contributed by atoms with Gasteiger partial charge in [-0.2, -0.15) is 0 Å². The largest absolute Gasteiger partial charge is 0.234 e. The van der Waals surface area contributed by atoms with Gasteiger partial charge in [-0.15, -0.1) is 0 Å². The summed E-state index contributed by atoms with van der Waals surface area (Å²) >= 11 is 6.35. The van der Waals surface area contributed by atoms with Gasteiger partial charge in [-0.1, -0.05) is 48.0 Å². The summed E-state index contributed by atoms with van der Waals surface area (Å²) in [6.45, 7) is 0.424. The minimum absolute atomic E-state index is 0.0869. The molecule has 2 aromatic carbocycles. The van der Waals surface area contributed by atoms with Crippen molar-refractivity contribution in [2.24, 2.45) is 4.99 Å². The molecule has 0 radical (unpaired) electrons. The van der Waals surface area contributed by atoms with Gasteiger partial charge in [0.15, 0.2) is 0 Å². The molecule has 20 heavy (non-hydrogen) atoms. The quantitative estimate of drug-likeness (QED) is 0.607. The normalized spacial score (nSPS) is 16.6. The molecule has 100 valence electrons. The van der Waals surface area contributed by atoms with Crippen LogP contribution in [0.5, 0.6) is 0 Å². The molecular formula is C17H14ClNO. The topological polar surface area (TPSA) is 29.4 Å². The first-order valence-electron chi connectivity index (χ1n) is 6.70. The van der Waals surface area contributed by atoms with E-state index in [1.807, 2.05) is 18.2 Å². The average Bonchev–Trinajstić information content (AvgIpc) is 2.63. The Labute approximate surface area is 123 Å². The van der Waals surface area contributed by atoms with E-state index in [9.17, 15) is 4.79 Å². The Hall–Kier alpha value is -1.89. The Morgan fingerprint density at radius 3 is 2.75 bits per heavy atom. The van der Waals surface area contributed by atoms with Crippen LogP contribution in [-0.2, 0) is 17.6 Å². The van der Waals surface area contributed by atoms with Gasteiger partial charge in [0.05, 0.1) is 6.54 Å². The summed E-state index contributed by atoms with van der Waals surface area (Å²) < 4.78 is 0. The number of aliphatic imine (C=N–C) groups is 1. The van der Waals surface area contributed by atoms with E-state index < -0.39 is 0 Å². The van der Waals surface area contributed by atoms with E-state index in [-0.39, 0.29) is 5.92 Å². The van der Waals surface area contributed by atoms with Crippen molar-refractivity contribution in [3.05, 3.63) is 69.7 Å². The fourth-order valence-electron chi connectivity index (χ4n) is 3.02. The molecular weight excluding hydrogens is 270 g/mol. The van der Waals surface area contributed by atoms with Crippen LogP contribution in [-0.4, -0.2) is 12.6 Å². The molecule has 3 rings (SSSR count). The number of hydrogen-bond acceptors (Lipinski definition) is 2. The molecule has 2 nitrogen and oxygen atoms in total. The predicted octanol–water partition coefficient (Wildman–Crippen LogP) is 3.91. The number of rotatable bonds is 2. The Morgan fingerprint density at radius 1 is 1.10 bits per heavy atom. The molecule has 0 saturated heterocycles. The standard InChI is InChI=1S/C17H14ClNO/c18-17-7-3-6-14-15(17)9-8-12-4-1-2-5-13(12)16(14)10-19-11-20/h1-7,16H,8-10H2/t16-/m0/s1. The number of nitrogens with zero attached hydrogens (tertiary/aromatic N) is 1. The van der Waals surface area contributed by atoms with Crippen molar-refractivity contribution in [1.29, 1.82) is 0 Å². The molecule has 1 aliphatic rings. The molecule has 0 aromatic heterocycles. The SMILES string of the molecule is O=C=NC[C@H]1c2ccccc2CCc2c(Cl)cccc21. The zero-order chi connectivity index (χ0) is 13.9. The smallest absolute Gasteiger partial charge is 0.211 e. The highest BCUT2D eigenvalue weighted by Crippen LogP contribution is 2.37. The lowest BCUT2D eigenvalue weighted by atomic mass is 9.88. The monoisotopic (exact) mass is 283 g/mol. The predicted molar refractivity (Wildman–Crippen MR) is 80.1 cm³/mol. The first kappa shape index (κ1) is 13.1. The maximum absolute atomic E-state index is 10.5. The Morgan fingerprint density at radius 2 is 1.90 bits per heavy atom. The summed E-state index contributed by atoms with van der Waals surface area (Å²) in [7, 11) is 0. The number of isocyanates is 1. The summed E-state index contributed by atoms with van der Waals surface area (Å²) in [5.41, 5.74) is 4.91. The van der Waals surface area contributed by atoms with E-state index in [0.29, 0.717) is 6.54 Å². The van der Waals surface area contributed by atoms with E-state index in [4.69, 9.17) is 11.6 Å². The van der Waals surface area contributed by atoms with Crippen LogP contribution in [0.25, 0.3) is 0 Å². The number of aryl methyl sites for hydroxylation is 1. The van der Waals surface area contributed by atoms with E-state index in [0.717, 1.165) is 17.9 Å². The Bertz CT molecular complexity index is 689. The summed E-state index contributed by atoms with van der Waals surface area (Å²) in [4.78, 5) is 14.3. The third-order valence-corrected chi connectivity index (χ3v) is 4.30. The number of benzene rings is 2. The molecule has 0 spiro atoms. The van der Waals surface area contributed by atoms with Crippen molar-refractivity contribution in [1.82, 2.24) is 0 Å². The summed E-state index contributed by atoms with van der Waals surface area (Å²) in [6, 6.07) is 14.3. The molecule has 0 saturated carbocycles. The van der Waals surface area contributed by atoms with Crippen molar-refractivity contribution in [2.45, 2.75) is 18.8 Å². The highest BCUT2D eigenvalue weighted by atomic mass is 35.5. The van der Waals surface area contributed by atoms with Crippen molar-refractivity contribution < 1.29 is 4.79 Å². The van der Waals surface area contributed by atoms with Crippen LogP contribution in [0.4, 0.5) is 0 Å². The van der Waals surface area contributed by atoms with Gasteiger partial charge in [0.1, 0.15) is 0 Å². The molecule has 0 amide bonds. The van der Waals surface area contributed by atoms with Gasteiger partial charge < -0.3 is 0 Å². The molecule has 0 unspecified atom stereocenters. The number of carbonyl (C=O) groups excluding carboxylic acids is 1. The average molecular weight is 284 g/mol. The summed E-state index contributed by atoms with van der Waals surface area (Å²) in [5, 5.41) is 0.801. The fourth-order valence-corrected chi connectivity index (χ4v) is 3.30. The van der Waals surface area contributed by atoms with E-state index >= 15 is 0 Å². The second kappa shape index (κ2) is 5.62. The Balaban J connectivity index is 2.19. The molecule has 1 aliphatic carbocycles. The lowest BCUT2D eigenvalue weighted by molar-refractivity contribution is 0.562. The van der Waals surface area contributed by atoms with Crippen LogP contribution in [0.3, 0.4) is 0 Å². The molecule has 0 bridgehead atoms. The van der Waals surface area contributed by atoms with E-state index in [2.05, 4.69) is 29.3 Å². The number of fused-ring (bicyclic) bond motifs is 2. The molecule has 0 aliphatic heterocycles. The lowest BCUT2D eigenvalue weighted by Crippen LogP contribution is -2.07. The first-order chi connectivity index (χ1) is 9.81. The van der Waals surface area contributed by atoms with Crippen LogP contribution < -0.4 is 0 Å². The zero-order valence-electron chi connectivity index (χ0n) is 11.0. The molecule has 0 N–H and O–H groups in total. The first-order valence-corrected chi connectivity index (χ1v) is 7.07. The number of hydrogen-bond donors (Lipinski definition) is 0. The van der Waals surface area contributed by atoms with E-state index in [1.165, 1.54) is 22.3 Å². The van der Waals surface area contributed by atoms with Gasteiger partial charge >= 0.3 is 0 Å². The maximum Gasteiger partial charge on any atom is 0.234 e. The molecule has 1 atom stereocenters. The van der Waals surface area contributed by atoms with Crippen molar-refractivity contribution in [3.8, 4) is 0 Å². The minimum Gasteiger partial charge on any atom is -0.211 e. The third kappa shape index (κ3) is 2.29. The third-order valence-electron chi connectivity index (χ3n) is 3.94. The second-order valence-electron chi connectivity index (χ2n) is 4.99. The zero-order valence-corrected chi connectivity index (χ0v) is 11.7. The number of halogens is 1. The maximum atomic E-state index is 10.5. The van der Waals surface area contributed by atoms with Crippen LogP contribution in [0.15, 0.2) is 47.5 Å². The highest BCUT2D eigenvalue weighted by molar-refractivity contribution is 6.31. The lowest BCUT2D eigenvalue weighted by Gasteiger charge is -2.18. The van der Waals surface area contributed by atoms with Gasteiger partial charge in [-0.05, 0) is 41.2 Å². The second-order valence-corrected chi connectivity index (χ2v) is 5.40. The highest BCUT2D eigenvalue weighted by Gasteiger charge is 2.24. The van der Waals surface area contributed by atoms with Crippen molar-refractivity contribution in [3.63, 3.8) is 0 Å². The van der Waals surface area contributed by atoms with Crippen LogP contribution >= 0.6 is 11.6 Å². The molecule has 0 fully saturated rings. The summed E-state index contributed by atoms with van der Waals surface area (Å²) in [6.07, 6.45) is 3.54. The molecule has 0 heterocycles. The van der Waals surface area contributed by atoms with Crippen LogP contribution in [0, 0.1) is 0 Å². The fraction of sp³-hybridized carbons (Fsp3) is 0.235.